The zero-order valence-corrected chi connectivity index (χ0v) is 18.5. The second-order valence-corrected chi connectivity index (χ2v) is 9.95. The van der Waals surface area contributed by atoms with Crippen molar-refractivity contribution in [3.05, 3.63) is 53.6 Å². The highest BCUT2D eigenvalue weighted by Crippen LogP contribution is 2.35. The van der Waals surface area contributed by atoms with Gasteiger partial charge in [-0.25, -0.2) is 4.98 Å². The summed E-state index contributed by atoms with van der Waals surface area (Å²) < 4.78 is 13.2. The van der Waals surface area contributed by atoms with Gasteiger partial charge in [0.05, 0.1) is 29.3 Å². The number of nitrogens with one attached hydrogen (secondary N) is 1. The number of carbonyl (C=O) groups is 2. The number of Topliss-reactive ketones (excluding diaryl/α,β-unsaturated/α-hetero) is 1. The molecule has 1 fully saturated rings. The van der Waals surface area contributed by atoms with Crippen molar-refractivity contribution in [2.24, 2.45) is 0 Å². The Labute approximate surface area is 188 Å². The fraction of sp³-hybridized carbons (Fsp3) is 0.348. The normalized spacial score (nSPS) is 19.0. The van der Waals surface area contributed by atoms with E-state index in [0.29, 0.717) is 5.56 Å². The third-order valence-electron chi connectivity index (χ3n) is 5.45. The zero-order valence-electron chi connectivity index (χ0n) is 16.8. The minimum Gasteiger partial charge on any atom is -0.353 e. The van der Waals surface area contributed by atoms with E-state index in [4.69, 9.17) is 9.47 Å². The largest absolute Gasteiger partial charge is 0.353 e. The van der Waals surface area contributed by atoms with Crippen LogP contribution in [0.15, 0.2) is 46.8 Å². The molecule has 1 saturated heterocycles. The average molecular weight is 455 g/mol. The van der Waals surface area contributed by atoms with E-state index in [9.17, 15) is 9.59 Å². The van der Waals surface area contributed by atoms with E-state index in [2.05, 4.69) is 10.3 Å². The van der Waals surface area contributed by atoms with Crippen molar-refractivity contribution in [1.29, 1.82) is 0 Å². The number of hydrogen-bond acceptors (Lipinski definition) is 7. The van der Waals surface area contributed by atoms with E-state index in [1.165, 1.54) is 0 Å². The minimum absolute atomic E-state index is 0.0272. The SMILES string of the molecule is O=C1CC(C(=O)Nc2ccc3nc(SCCC4OCCCO4)sc3c2)c2ccccc21. The smallest absolute Gasteiger partial charge is 0.232 e. The molecule has 1 N–H and O–H groups in total. The van der Waals surface area contributed by atoms with Gasteiger partial charge in [-0.3, -0.25) is 9.59 Å². The first-order valence-corrected chi connectivity index (χ1v) is 12.2. The summed E-state index contributed by atoms with van der Waals surface area (Å²) in [5.41, 5.74) is 3.11. The van der Waals surface area contributed by atoms with Crippen LogP contribution in [0.1, 0.15) is 41.1 Å². The predicted molar refractivity (Wildman–Crippen MR) is 122 cm³/mol. The number of fused-ring (bicyclic) bond motifs is 2. The molecule has 1 unspecified atom stereocenters. The van der Waals surface area contributed by atoms with Crippen LogP contribution in [0.25, 0.3) is 10.2 Å². The van der Waals surface area contributed by atoms with Crippen LogP contribution in [0.5, 0.6) is 0 Å². The van der Waals surface area contributed by atoms with E-state index in [0.717, 1.165) is 57.6 Å². The summed E-state index contributed by atoms with van der Waals surface area (Å²) in [6, 6.07) is 13.1. The Hall–Kier alpha value is -2.26. The Morgan fingerprint density at radius 1 is 1.19 bits per heavy atom. The van der Waals surface area contributed by atoms with Crippen LogP contribution in [0.2, 0.25) is 0 Å². The summed E-state index contributed by atoms with van der Waals surface area (Å²) in [7, 11) is 0. The molecule has 0 saturated carbocycles. The van der Waals surface area contributed by atoms with E-state index in [-0.39, 0.29) is 24.4 Å². The van der Waals surface area contributed by atoms with E-state index in [1.807, 2.05) is 36.4 Å². The third-order valence-corrected chi connectivity index (χ3v) is 7.65. The fourth-order valence-electron chi connectivity index (χ4n) is 3.91. The third kappa shape index (κ3) is 4.52. The average Bonchev–Trinajstić information content (AvgIpc) is 3.35. The molecule has 2 aromatic carbocycles. The summed E-state index contributed by atoms with van der Waals surface area (Å²) >= 11 is 3.31. The molecule has 2 heterocycles. The topological polar surface area (TPSA) is 77.5 Å². The maximum atomic E-state index is 12.9. The van der Waals surface area contributed by atoms with Gasteiger partial charge in [0.2, 0.25) is 5.91 Å². The number of benzene rings is 2. The Morgan fingerprint density at radius 3 is 2.90 bits per heavy atom. The molecule has 1 atom stereocenters. The number of thioether (sulfide) groups is 1. The zero-order chi connectivity index (χ0) is 21.2. The molecule has 3 aromatic rings. The lowest BCUT2D eigenvalue weighted by molar-refractivity contribution is -0.178. The molecule has 1 aliphatic carbocycles. The summed E-state index contributed by atoms with van der Waals surface area (Å²) in [6.07, 6.45) is 1.92. The molecule has 5 rings (SSSR count). The molecule has 1 amide bonds. The lowest BCUT2D eigenvalue weighted by atomic mass is 10.0. The van der Waals surface area contributed by atoms with Crippen LogP contribution < -0.4 is 5.32 Å². The number of hydrogen-bond donors (Lipinski definition) is 1. The Kier molecular flexibility index (Phi) is 6.04. The molecule has 0 radical (unpaired) electrons. The van der Waals surface area contributed by atoms with Gasteiger partial charge in [0, 0.05) is 29.8 Å². The first-order chi connectivity index (χ1) is 15.2. The fourth-order valence-corrected chi connectivity index (χ4v) is 6.05. The van der Waals surface area contributed by atoms with Crippen LogP contribution in [0, 0.1) is 0 Å². The van der Waals surface area contributed by atoms with Gasteiger partial charge in [-0.05, 0) is 30.2 Å². The number of carbonyl (C=O) groups excluding carboxylic acids is 2. The van der Waals surface area contributed by atoms with Crippen LogP contribution in [0.3, 0.4) is 0 Å². The number of ketones is 1. The van der Waals surface area contributed by atoms with Crippen molar-refractivity contribution in [1.82, 2.24) is 4.98 Å². The highest BCUT2D eigenvalue weighted by atomic mass is 32.2. The molecule has 31 heavy (non-hydrogen) atoms. The van der Waals surface area contributed by atoms with Gasteiger partial charge in [-0.1, -0.05) is 36.0 Å². The summed E-state index contributed by atoms with van der Waals surface area (Å²) in [6.45, 7) is 1.54. The van der Waals surface area contributed by atoms with Crippen molar-refractivity contribution in [3.8, 4) is 0 Å². The monoisotopic (exact) mass is 454 g/mol. The van der Waals surface area contributed by atoms with Gasteiger partial charge in [-0.2, -0.15) is 0 Å². The number of anilines is 1. The molecule has 0 spiro atoms. The lowest BCUT2D eigenvalue weighted by Gasteiger charge is -2.22. The van der Waals surface area contributed by atoms with Gasteiger partial charge in [0.25, 0.3) is 0 Å². The number of amides is 1. The highest BCUT2D eigenvalue weighted by molar-refractivity contribution is 8.01. The van der Waals surface area contributed by atoms with Crippen molar-refractivity contribution in [2.75, 3.05) is 24.3 Å². The van der Waals surface area contributed by atoms with Crippen molar-refractivity contribution in [2.45, 2.75) is 35.8 Å². The molecular weight excluding hydrogens is 432 g/mol. The van der Waals surface area contributed by atoms with E-state index in [1.54, 1.807) is 29.2 Å². The summed E-state index contributed by atoms with van der Waals surface area (Å²) in [4.78, 5) is 29.7. The maximum absolute atomic E-state index is 12.9. The number of thiazole rings is 1. The molecule has 2 aliphatic rings. The van der Waals surface area contributed by atoms with Gasteiger partial charge in [0.15, 0.2) is 16.4 Å². The first kappa shape index (κ1) is 20.6. The molecule has 0 bridgehead atoms. The molecule has 1 aliphatic heterocycles. The molecular formula is C23H22N2O4S2. The Bertz CT molecular complexity index is 1120. The van der Waals surface area contributed by atoms with E-state index >= 15 is 0 Å². The molecule has 8 heteroatoms. The number of aromatic nitrogens is 1. The number of ether oxygens (including phenoxy) is 2. The molecule has 160 valence electrons. The Morgan fingerprint density at radius 2 is 2.03 bits per heavy atom. The predicted octanol–water partition coefficient (Wildman–Crippen LogP) is 4.85. The highest BCUT2D eigenvalue weighted by Gasteiger charge is 2.33. The van der Waals surface area contributed by atoms with Gasteiger partial charge in [0.1, 0.15) is 0 Å². The summed E-state index contributed by atoms with van der Waals surface area (Å²) in [5, 5.41) is 2.98. The van der Waals surface area contributed by atoms with Crippen molar-refractivity contribution in [3.63, 3.8) is 0 Å². The molecule has 1 aromatic heterocycles. The van der Waals surface area contributed by atoms with Gasteiger partial charge < -0.3 is 14.8 Å². The summed E-state index contributed by atoms with van der Waals surface area (Å²) in [5.74, 6) is 0.322. The molecule has 6 nitrogen and oxygen atoms in total. The van der Waals surface area contributed by atoms with E-state index < -0.39 is 5.92 Å². The second kappa shape index (κ2) is 9.08. The Balaban J connectivity index is 1.23. The quantitative estimate of drug-likeness (QED) is 0.537. The van der Waals surface area contributed by atoms with Crippen molar-refractivity contribution < 1.29 is 19.1 Å². The maximum Gasteiger partial charge on any atom is 0.232 e. The number of nitrogens with zero attached hydrogens (tertiary/aromatic N) is 1. The van der Waals surface area contributed by atoms with Crippen LogP contribution >= 0.6 is 23.1 Å². The number of rotatable bonds is 6. The van der Waals surface area contributed by atoms with Crippen LogP contribution in [-0.4, -0.2) is 41.9 Å². The second-order valence-electron chi connectivity index (χ2n) is 7.58. The minimum atomic E-state index is -0.434. The van der Waals surface area contributed by atoms with Gasteiger partial charge in [-0.15, -0.1) is 11.3 Å². The standard InChI is InChI=1S/C23H22N2O4S2/c26-19-13-17(15-4-1-2-5-16(15)19)22(27)24-14-6-7-18-20(12-14)31-23(25-18)30-11-8-21-28-9-3-10-29-21/h1-2,4-7,12,17,21H,3,8-11,13H2,(H,24,27). The van der Waals surface area contributed by atoms with Crippen LogP contribution in [-0.2, 0) is 14.3 Å². The van der Waals surface area contributed by atoms with Crippen molar-refractivity contribution >= 4 is 50.7 Å². The van der Waals surface area contributed by atoms with Gasteiger partial charge >= 0.3 is 0 Å². The lowest BCUT2D eigenvalue weighted by Crippen LogP contribution is -2.25. The van der Waals surface area contributed by atoms with Crippen LogP contribution in [0.4, 0.5) is 5.69 Å². The first-order valence-electron chi connectivity index (χ1n) is 10.4.